The van der Waals surface area contributed by atoms with Crippen LogP contribution in [0.1, 0.15) is 30.6 Å². The SMILES string of the molecule is O=C1C2CCCCN2C(=O)CCN1CCc1ccc(Cl)s1. The van der Waals surface area contributed by atoms with E-state index in [0.29, 0.717) is 19.5 Å². The summed E-state index contributed by atoms with van der Waals surface area (Å²) in [5.41, 5.74) is 0. The Hall–Kier alpha value is -1.07. The highest BCUT2D eigenvalue weighted by Crippen LogP contribution is 2.25. The quantitative estimate of drug-likeness (QED) is 0.856. The molecular weight excluding hydrogens is 308 g/mol. The lowest BCUT2D eigenvalue weighted by atomic mass is 10.0. The van der Waals surface area contributed by atoms with Gasteiger partial charge in [-0.25, -0.2) is 0 Å². The summed E-state index contributed by atoms with van der Waals surface area (Å²) in [6, 6.07) is 3.67. The number of piperidine rings is 1. The summed E-state index contributed by atoms with van der Waals surface area (Å²) >= 11 is 7.49. The van der Waals surface area contributed by atoms with Gasteiger partial charge in [0.1, 0.15) is 6.04 Å². The molecule has 3 heterocycles. The Labute approximate surface area is 133 Å². The molecule has 0 saturated carbocycles. The van der Waals surface area contributed by atoms with Crippen LogP contribution >= 0.6 is 22.9 Å². The second-order valence-corrected chi connectivity index (χ2v) is 7.43. The van der Waals surface area contributed by atoms with Crippen molar-refractivity contribution in [2.45, 2.75) is 38.1 Å². The Balaban J connectivity index is 1.67. The van der Waals surface area contributed by atoms with Crippen LogP contribution in [0.25, 0.3) is 0 Å². The number of carbonyl (C=O) groups is 2. The lowest BCUT2D eigenvalue weighted by Crippen LogP contribution is -2.50. The number of hydrogen-bond acceptors (Lipinski definition) is 3. The first-order valence-electron chi connectivity index (χ1n) is 7.47. The van der Waals surface area contributed by atoms with E-state index in [1.165, 1.54) is 4.88 Å². The van der Waals surface area contributed by atoms with E-state index >= 15 is 0 Å². The minimum atomic E-state index is -0.222. The first-order chi connectivity index (χ1) is 10.1. The first kappa shape index (κ1) is 14.9. The maximum absolute atomic E-state index is 12.7. The number of amides is 2. The van der Waals surface area contributed by atoms with Crippen molar-refractivity contribution >= 4 is 34.8 Å². The van der Waals surface area contributed by atoms with E-state index in [1.54, 1.807) is 16.2 Å². The van der Waals surface area contributed by atoms with Gasteiger partial charge >= 0.3 is 0 Å². The van der Waals surface area contributed by atoms with Gasteiger partial charge in [0.15, 0.2) is 0 Å². The molecule has 21 heavy (non-hydrogen) atoms. The van der Waals surface area contributed by atoms with Gasteiger partial charge in [0.05, 0.1) is 4.34 Å². The lowest BCUT2D eigenvalue weighted by Gasteiger charge is -2.34. The average molecular weight is 327 g/mol. The van der Waals surface area contributed by atoms with Crippen LogP contribution in [0.5, 0.6) is 0 Å². The maximum Gasteiger partial charge on any atom is 0.245 e. The fraction of sp³-hybridized carbons (Fsp3) is 0.600. The molecule has 6 heteroatoms. The van der Waals surface area contributed by atoms with E-state index in [0.717, 1.165) is 36.6 Å². The van der Waals surface area contributed by atoms with Crippen LogP contribution in [0.2, 0.25) is 4.34 Å². The first-order valence-corrected chi connectivity index (χ1v) is 8.67. The predicted octanol–water partition coefficient (Wildman–Crippen LogP) is 2.56. The highest BCUT2D eigenvalue weighted by molar-refractivity contribution is 7.16. The Morgan fingerprint density at radius 3 is 2.86 bits per heavy atom. The van der Waals surface area contributed by atoms with Gasteiger partial charge in [-0.3, -0.25) is 9.59 Å². The fourth-order valence-corrected chi connectivity index (χ4v) is 4.21. The van der Waals surface area contributed by atoms with E-state index in [-0.39, 0.29) is 17.9 Å². The summed E-state index contributed by atoms with van der Waals surface area (Å²) in [5.74, 6) is 0.262. The second-order valence-electron chi connectivity index (χ2n) is 5.63. The summed E-state index contributed by atoms with van der Waals surface area (Å²) in [6.07, 6.45) is 4.13. The van der Waals surface area contributed by atoms with Crippen LogP contribution in [-0.2, 0) is 16.0 Å². The van der Waals surface area contributed by atoms with Gasteiger partial charge < -0.3 is 9.80 Å². The maximum atomic E-state index is 12.7. The van der Waals surface area contributed by atoms with Crippen LogP contribution < -0.4 is 0 Å². The van der Waals surface area contributed by atoms with Crippen molar-refractivity contribution in [3.05, 3.63) is 21.3 Å². The minimum Gasteiger partial charge on any atom is -0.340 e. The number of hydrogen-bond donors (Lipinski definition) is 0. The molecule has 2 fully saturated rings. The third-order valence-electron chi connectivity index (χ3n) is 4.27. The summed E-state index contributed by atoms with van der Waals surface area (Å²) in [5, 5.41) is 0. The Bertz CT molecular complexity index is 546. The van der Waals surface area contributed by atoms with Crippen molar-refractivity contribution < 1.29 is 9.59 Å². The van der Waals surface area contributed by atoms with Gasteiger partial charge in [-0.15, -0.1) is 11.3 Å². The van der Waals surface area contributed by atoms with E-state index in [1.807, 2.05) is 17.0 Å². The average Bonchev–Trinajstić information content (AvgIpc) is 2.87. The number of nitrogens with zero attached hydrogens (tertiary/aromatic N) is 2. The number of halogens is 1. The van der Waals surface area contributed by atoms with Gasteiger partial charge in [-0.2, -0.15) is 0 Å². The minimum absolute atomic E-state index is 0.128. The molecule has 114 valence electrons. The molecule has 2 saturated heterocycles. The number of carbonyl (C=O) groups excluding carboxylic acids is 2. The Kier molecular flexibility index (Phi) is 4.50. The monoisotopic (exact) mass is 326 g/mol. The van der Waals surface area contributed by atoms with Gasteiger partial charge in [-0.05, 0) is 37.8 Å². The van der Waals surface area contributed by atoms with E-state index in [2.05, 4.69) is 0 Å². The summed E-state index contributed by atoms with van der Waals surface area (Å²) in [6.45, 7) is 1.96. The predicted molar refractivity (Wildman–Crippen MR) is 83.6 cm³/mol. The molecule has 4 nitrogen and oxygen atoms in total. The zero-order valence-corrected chi connectivity index (χ0v) is 13.5. The van der Waals surface area contributed by atoms with Crippen molar-refractivity contribution in [3.63, 3.8) is 0 Å². The molecule has 0 aliphatic carbocycles. The molecule has 1 atom stereocenters. The molecular formula is C15H19ClN2O2S. The zero-order chi connectivity index (χ0) is 14.8. The second kappa shape index (κ2) is 6.36. The van der Waals surface area contributed by atoms with Crippen LogP contribution in [0.3, 0.4) is 0 Å². The molecule has 0 spiro atoms. The van der Waals surface area contributed by atoms with Crippen molar-refractivity contribution in [2.24, 2.45) is 0 Å². The van der Waals surface area contributed by atoms with Crippen molar-refractivity contribution in [2.75, 3.05) is 19.6 Å². The largest absolute Gasteiger partial charge is 0.340 e. The van der Waals surface area contributed by atoms with E-state index < -0.39 is 0 Å². The molecule has 1 aromatic heterocycles. The Morgan fingerprint density at radius 2 is 2.10 bits per heavy atom. The van der Waals surface area contributed by atoms with Crippen molar-refractivity contribution in [1.29, 1.82) is 0 Å². The van der Waals surface area contributed by atoms with Crippen LogP contribution in [0.4, 0.5) is 0 Å². The van der Waals surface area contributed by atoms with E-state index in [4.69, 9.17) is 11.6 Å². The van der Waals surface area contributed by atoms with Gasteiger partial charge in [0.2, 0.25) is 11.8 Å². The molecule has 2 aliphatic heterocycles. The van der Waals surface area contributed by atoms with Crippen LogP contribution in [0, 0.1) is 0 Å². The topological polar surface area (TPSA) is 40.6 Å². The Morgan fingerprint density at radius 1 is 1.24 bits per heavy atom. The smallest absolute Gasteiger partial charge is 0.245 e. The van der Waals surface area contributed by atoms with E-state index in [9.17, 15) is 9.59 Å². The normalized spacial score (nSPS) is 23.2. The molecule has 2 aliphatic rings. The summed E-state index contributed by atoms with van der Waals surface area (Å²) in [7, 11) is 0. The third-order valence-corrected chi connectivity index (χ3v) is 5.56. The molecule has 1 aromatic rings. The number of thiophene rings is 1. The third kappa shape index (κ3) is 3.24. The van der Waals surface area contributed by atoms with Crippen molar-refractivity contribution in [3.8, 4) is 0 Å². The lowest BCUT2D eigenvalue weighted by molar-refractivity contribution is -0.143. The molecule has 0 bridgehead atoms. The molecule has 2 amide bonds. The highest BCUT2D eigenvalue weighted by atomic mass is 35.5. The summed E-state index contributed by atoms with van der Waals surface area (Å²) in [4.78, 5) is 29.7. The molecule has 0 aromatic carbocycles. The molecule has 3 rings (SSSR count). The molecule has 0 radical (unpaired) electrons. The van der Waals surface area contributed by atoms with Crippen molar-refractivity contribution in [1.82, 2.24) is 9.80 Å². The van der Waals surface area contributed by atoms with Gasteiger partial charge in [0.25, 0.3) is 0 Å². The number of rotatable bonds is 3. The van der Waals surface area contributed by atoms with Crippen LogP contribution in [0.15, 0.2) is 12.1 Å². The molecule has 0 N–H and O–H groups in total. The fourth-order valence-electron chi connectivity index (χ4n) is 3.14. The number of fused-ring (bicyclic) bond motifs is 1. The molecule has 1 unspecified atom stereocenters. The van der Waals surface area contributed by atoms with Gasteiger partial charge in [-0.1, -0.05) is 11.6 Å². The summed E-state index contributed by atoms with van der Waals surface area (Å²) < 4.78 is 0.779. The van der Waals surface area contributed by atoms with Gasteiger partial charge in [0, 0.05) is 30.9 Å². The standard InChI is InChI=1S/C15H19ClN2O2S/c16-13-5-4-11(21-13)6-9-17-10-7-14(19)18-8-2-1-3-12(18)15(17)20/h4-5,12H,1-3,6-10H2. The van der Waals surface area contributed by atoms with Crippen LogP contribution in [-0.4, -0.2) is 47.3 Å². The zero-order valence-electron chi connectivity index (χ0n) is 11.9. The highest BCUT2D eigenvalue weighted by Gasteiger charge is 2.37.